The van der Waals surface area contributed by atoms with Gasteiger partial charge in [-0.1, -0.05) is 35.9 Å². The van der Waals surface area contributed by atoms with Crippen molar-refractivity contribution in [1.29, 1.82) is 0 Å². The lowest BCUT2D eigenvalue weighted by Crippen LogP contribution is -2.31. The fourth-order valence-corrected chi connectivity index (χ4v) is 2.64. The van der Waals surface area contributed by atoms with Crippen LogP contribution in [0.5, 0.6) is 0 Å². The van der Waals surface area contributed by atoms with E-state index < -0.39 is 0 Å². The van der Waals surface area contributed by atoms with Crippen LogP contribution in [0.4, 0.5) is 5.69 Å². The molecule has 0 aliphatic heterocycles. The number of rotatable bonds is 6. The van der Waals surface area contributed by atoms with E-state index in [0.717, 1.165) is 16.8 Å². The molecule has 4 nitrogen and oxygen atoms in total. The number of amides is 2. The Morgan fingerprint density at radius 3 is 2.38 bits per heavy atom. The van der Waals surface area contributed by atoms with Crippen LogP contribution >= 0.6 is 11.6 Å². The molecule has 0 aromatic heterocycles. The second-order valence-corrected chi connectivity index (χ2v) is 6.03. The topological polar surface area (TPSA) is 49.4 Å². The fourth-order valence-electron chi connectivity index (χ4n) is 2.43. The normalized spacial score (nSPS) is 10.3. The van der Waals surface area contributed by atoms with Gasteiger partial charge in [-0.15, -0.1) is 0 Å². The van der Waals surface area contributed by atoms with Gasteiger partial charge in [-0.25, -0.2) is 0 Å². The Balaban J connectivity index is 1.99. The van der Waals surface area contributed by atoms with Gasteiger partial charge in [0.25, 0.3) is 0 Å². The van der Waals surface area contributed by atoms with Crippen molar-refractivity contribution >= 4 is 29.1 Å². The molecule has 2 rings (SSSR count). The van der Waals surface area contributed by atoms with Crippen LogP contribution in [-0.2, 0) is 22.6 Å². The van der Waals surface area contributed by atoms with Crippen LogP contribution in [0.25, 0.3) is 0 Å². The maximum Gasteiger partial charge on any atom is 0.227 e. The van der Waals surface area contributed by atoms with E-state index >= 15 is 0 Å². The molecule has 2 amide bonds. The first-order valence-electron chi connectivity index (χ1n) is 7.86. The Labute approximate surface area is 147 Å². The van der Waals surface area contributed by atoms with Crippen LogP contribution in [0.3, 0.4) is 0 Å². The maximum absolute atomic E-state index is 12.5. The maximum atomic E-state index is 12.5. The Kier molecular flexibility index (Phi) is 6.38. The van der Waals surface area contributed by atoms with Crippen molar-refractivity contribution in [3.63, 3.8) is 0 Å². The Morgan fingerprint density at radius 1 is 1.08 bits per heavy atom. The summed E-state index contributed by atoms with van der Waals surface area (Å²) in [4.78, 5) is 25.3. The molecule has 0 aliphatic carbocycles. The molecular formula is C19H21ClN2O2. The number of likely N-dealkylation sites (N-methyl/N-ethyl adjacent to an activating group) is 1. The molecule has 5 heteroatoms. The highest BCUT2D eigenvalue weighted by molar-refractivity contribution is 6.30. The lowest BCUT2D eigenvalue weighted by atomic mass is 10.1. The summed E-state index contributed by atoms with van der Waals surface area (Å²) in [5.74, 6) is -0.0535. The van der Waals surface area contributed by atoms with E-state index in [1.54, 1.807) is 17.0 Å². The van der Waals surface area contributed by atoms with E-state index in [1.165, 1.54) is 6.92 Å². The molecule has 2 aromatic carbocycles. The third-order valence-corrected chi connectivity index (χ3v) is 3.86. The molecule has 0 saturated carbocycles. The number of nitrogens with zero attached hydrogens (tertiary/aromatic N) is 1. The molecule has 0 radical (unpaired) electrons. The predicted molar refractivity (Wildman–Crippen MR) is 97.0 cm³/mol. The largest absolute Gasteiger partial charge is 0.338 e. The van der Waals surface area contributed by atoms with E-state index in [0.29, 0.717) is 24.5 Å². The van der Waals surface area contributed by atoms with E-state index in [4.69, 9.17) is 11.6 Å². The molecule has 0 aliphatic rings. The molecule has 0 spiro atoms. The van der Waals surface area contributed by atoms with Gasteiger partial charge in [0.15, 0.2) is 0 Å². The van der Waals surface area contributed by atoms with Gasteiger partial charge in [0.2, 0.25) is 11.8 Å². The molecule has 126 valence electrons. The monoisotopic (exact) mass is 344 g/mol. The zero-order valence-corrected chi connectivity index (χ0v) is 14.6. The molecule has 0 heterocycles. The van der Waals surface area contributed by atoms with Crippen LogP contribution in [-0.4, -0.2) is 23.3 Å². The fraction of sp³-hybridized carbons (Fsp3) is 0.263. The van der Waals surface area contributed by atoms with Crippen LogP contribution in [0.1, 0.15) is 25.0 Å². The molecular weight excluding hydrogens is 324 g/mol. The van der Waals surface area contributed by atoms with Crippen LogP contribution < -0.4 is 5.32 Å². The summed E-state index contributed by atoms with van der Waals surface area (Å²) in [6, 6.07) is 14.9. The molecule has 0 bridgehead atoms. The molecule has 0 fully saturated rings. The number of hydrogen-bond acceptors (Lipinski definition) is 2. The quantitative estimate of drug-likeness (QED) is 0.864. The summed E-state index contributed by atoms with van der Waals surface area (Å²) in [6.07, 6.45) is 0.328. The first-order valence-corrected chi connectivity index (χ1v) is 8.24. The number of halogens is 1. The van der Waals surface area contributed by atoms with E-state index in [-0.39, 0.29) is 11.8 Å². The van der Waals surface area contributed by atoms with Gasteiger partial charge in [0, 0.05) is 30.7 Å². The predicted octanol–water partition coefficient (Wildman–Crippen LogP) is 3.89. The number of hydrogen-bond donors (Lipinski definition) is 1. The SMILES string of the molecule is CCN(Cc1cccc(Cl)c1)C(=O)Cc1ccc(NC(C)=O)cc1. The highest BCUT2D eigenvalue weighted by atomic mass is 35.5. The van der Waals surface area contributed by atoms with Gasteiger partial charge in [0.05, 0.1) is 6.42 Å². The molecule has 0 unspecified atom stereocenters. The van der Waals surface area contributed by atoms with Gasteiger partial charge in [-0.3, -0.25) is 9.59 Å². The van der Waals surface area contributed by atoms with Crippen molar-refractivity contribution in [3.8, 4) is 0 Å². The van der Waals surface area contributed by atoms with Crippen LogP contribution in [0.15, 0.2) is 48.5 Å². The molecule has 24 heavy (non-hydrogen) atoms. The zero-order chi connectivity index (χ0) is 17.5. The Hall–Kier alpha value is -2.33. The molecule has 0 saturated heterocycles. The second kappa shape index (κ2) is 8.50. The molecule has 0 atom stereocenters. The van der Waals surface area contributed by atoms with E-state index in [9.17, 15) is 9.59 Å². The summed E-state index contributed by atoms with van der Waals surface area (Å²) in [5.41, 5.74) is 2.65. The van der Waals surface area contributed by atoms with Crippen molar-refractivity contribution in [3.05, 3.63) is 64.7 Å². The summed E-state index contributed by atoms with van der Waals surface area (Å²) >= 11 is 6.00. The summed E-state index contributed by atoms with van der Waals surface area (Å²) in [7, 11) is 0. The lowest BCUT2D eigenvalue weighted by molar-refractivity contribution is -0.130. The summed E-state index contributed by atoms with van der Waals surface area (Å²) in [6.45, 7) is 4.60. The lowest BCUT2D eigenvalue weighted by Gasteiger charge is -2.21. The third-order valence-electron chi connectivity index (χ3n) is 3.63. The molecule has 1 N–H and O–H groups in total. The third kappa shape index (κ3) is 5.39. The van der Waals surface area contributed by atoms with E-state index in [2.05, 4.69) is 5.32 Å². The van der Waals surface area contributed by atoms with Gasteiger partial charge in [0.1, 0.15) is 0 Å². The minimum absolute atomic E-state index is 0.0600. The average Bonchev–Trinajstić information content (AvgIpc) is 2.54. The van der Waals surface area contributed by atoms with Crippen molar-refractivity contribution in [2.24, 2.45) is 0 Å². The smallest absolute Gasteiger partial charge is 0.227 e. The first kappa shape index (κ1) is 18.0. The van der Waals surface area contributed by atoms with Crippen LogP contribution in [0.2, 0.25) is 5.02 Å². The average molecular weight is 345 g/mol. The van der Waals surface area contributed by atoms with Crippen LogP contribution in [0, 0.1) is 0 Å². The highest BCUT2D eigenvalue weighted by Crippen LogP contribution is 2.15. The van der Waals surface area contributed by atoms with Gasteiger partial charge < -0.3 is 10.2 Å². The number of carbonyl (C=O) groups is 2. The summed E-state index contributed by atoms with van der Waals surface area (Å²) in [5, 5.41) is 3.38. The standard InChI is InChI=1S/C19H21ClN2O2/c1-3-22(13-16-5-4-6-17(20)11-16)19(24)12-15-7-9-18(10-8-15)21-14(2)23/h4-11H,3,12-13H2,1-2H3,(H,21,23). The van der Waals surface area contributed by atoms with Gasteiger partial charge in [-0.2, -0.15) is 0 Å². The minimum atomic E-state index is -0.113. The Bertz CT molecular complexity index is 714. The van der Waals surface area contributed by atoms with Crippen molar-refractivity contribution in [2.45, 2.75) is 26.8 Å². The van der Waals surface area contributed by atoms with Gasteiger partial charge >= 0.3 is 0 Å². The number of benzene rings is 2. The first-order chi connectivity index (χ1) is 11.5. The van der Waals surface area contributed by atoms with Crippen molar-refractivity contribution in [1.82, 2.24) is 4.90 Å². The van der Waals surface area contributed by atoms with Crippen molar-refractivity contribution in [2.75, 3.05) is 11.9 Å². The Morgan fingerprint density at radius 2 is 1.79 bits per heavy atom. The highest BCUT2D eigenvalue weighted by Gasteiger charge is 2.13. The number of carbonyl (C=O) groups excluding carboxylic acids is 2. The molecule has 2 aromatic rings. The second-order valence-electron chi connectivity index (χ2n) is 5.59. The van der Waals surface area contributed by atoms with Gasteiger partial charge in [-0.05, 0) is 42.3 Å². The summed E-state index contributed by atoms with van der Waals surface area (Å²) < 4.78 is 0. The number of nitrogens with one attached hydrogen (secondary N) is 1. The van der Waals surface area contributed by atoms with E-state index in [1.807, 2.05) is 43.3 Å². The minimum Gasteiger partial charge on any atom is -0.338 e. The zero-order valence-electron chi connectivity index (χ0n) is 13.9. The van der Waals surface area contributed by atoms with Crippen molar-refractivity contribution < 1.29 is 9.59 Å². The number of anilines is 1.